The van der Waals surface area contributed by atoms with Crippen molar-refractivity contribution in [1.82, 2.24) is 5.32 Å². The van der Waals surface area contributed by atoms with Crippen molar-refractivity contribution in [2.24, 2.45) is 11.8 Å². The summed E-state index contributed by atoms with van der Waals surface area (Å²) in [5.41, 5.74) is 0. The average molecular weight is 213 g/mol. The molecule has 88 valence electrons. The topological polar surface area (TPSA) is 49.3 Å². The van der Waals surface area contributed by atoms with E-state index in [-0.39, 0.29) is 17.9 Å². The van der Waals surface area contributed by atoms with Gasteiger partial charge in [0.2, 0.25) is 5.91 Å². The molecule has 0 heterocycles. The summed E-state index contributed by atoms with van der Waals surface area (Å²) in [5.74, 6) is 0.822. The summed E-state index contributed by atoms with van der Waals surface area (Å²) in [6.45, 7) is 4.58. The van der Waals surface area contributed by atoms with E-state index in [4.69, 9.17) is 0 Å². The third kappa shape index (κ3) is 3.82. The summed E-state index contributed by atoms with van der Waals surface area (Å²) in [7, 11) is 0. The summed E-state index contributed by atoms with van der Waals surface area (Å²) in [4.78, 5) is 11.7. The van der Waals surface area contributed by atoms with Crippen LogP contribution in [0.5, 0.6) is 0 Å². The zero-order valence-electron chi connectivity index (χ0n) is 9.83. The Morgan fingerprint density at radius 3 is 2.80 bits per heavy atom. The number of carbonyl (C=O) groups is 1. The molecule has 0 spiro atoms. The van der Waals surface area contributed by atoms with E-state index in [0.717, 1.165) is 32.1 Å². The molecule has 1 aliphatic rings. The molecule has 0 bridgehead atoms. The molecule has 0 saturated heterocycles. The molecule has 15 heavy (non-hydrogen) atoms. The second kappa shape index (κ2) is 6.11. The Kier molecular flexibility index (Phi) is 5.09. The third-order valence-corrected chi connectivity index (χ3v) is 3.33. The zero-order chi connectivity index (χ0) is 11.3. The first-order chi connectivity index (χ1) is 7.15. The smallest absolute Gasteiger partial charge is 0.223 e. The number of hydrogen-bond acceptors (Lipinski definition) is 2. The van der Waals surface area contributed by atoms with Gasteiger partial charge in [-0.2, -0.15) is 0 Å². The lowest BCUT2D eigenvalue weighted by Crippen LogP contribution is -2.37. The summed E-state index contributed by atoms with van der Waals surface area (Å²) in [5, 5.41) is 12.3. The first kappa shape index (κ1) is 12.5. The molecule has 0 aromatic rings. The van der Waals surface area contributed by atoms with Gasteiger partial charge in [-0.05, 0) is 25.2 Å². The maximum absolute atomic E-state index is 11.7. The van der Waals surface area contributed by atoms with Crippen molar-refractivity contribution in [2.75, 3.05) is 6.54 Å². The normalized spacial score (nSPS) is 27.7. The van der Waals surface area contributed by atoms with Crippen LogP contribution in [0, 0.1) is 11.8 Å². The van der Waals surface area contributed by atoms with Crippen molar-refractivity contribution < 1.29 is 9.90 Å². The van der Waals surface area contributed by atoms with Crippen LogP contribution in [0.15, 0.2) is 0 Å². The molecule has 2 N–H and O–H groups in total. The van der Waals surface area contributed by atoms with Gasteiger partial charge >= 0.3 is 0 Å². The summed E-state index contributed by atoms with van der Waals surface area (Å²) in [6.07, 6.45) is 4.68. The van der Waals surface area contributed by atoms with Gasteiger partial charge in [-0.15, -0.1) is 0 Å². The highest BCUT2D eigenvalue weighted by Gasteiger charge is 2.29. The minimum absolute atomic E-state index is 0.134. The van der Waals surface area contributed by atoms with E-state index in [1.807, 2.05) is 6.92 Å². The lowest BCUT2D eigenvalue weighted by Gasteiger charge is -2.17. The summed E-state index contributed by atoms with van der Waals surface area (Å²) in [6, 6.07) is 0. The van der Waals surface area contributed by atoms with Gasteiger partial charge in [-0.3, -0.25) is 4.79 Å². The maximum atomic E-state index is 11.7. The Bertz CT molecular complexity index is 206. The SMILES string of the molecule is CCCC(O)CNC(=O)C1CCCC1C. The van der Waals surface area contributed by atoms with Crippen molar-refractivity contribution in [2.45, 2.75) is 52.1 Å². The van der Waals surface area contributed by atoms with Crippen LogP contribution in [0.2, 0.25) is 0 Å². The molecule has 0 aromatic heterocycles. The van der Waals surface area contributed by atoms with Crippen molar-refractivity contribution in [3.63, 3.8) is 0 Å². The van der Waals surface area contributed by atoms with Crippen LogP contribution in [0.4, 0.5) is 0 Å². The highest BCUT2D eigenvalue weighted by atomic mass is 16.3. The molecular formula is C12H23NO2. The number of rotatable bonds is 5. The molecule has 3 nitrogen and oxygen atoms in total. The fourth-order valence-corrected chi connectivity index (χ4v) is 2.32. The molecular weight excluding hydrogens is 190 g/mol. The molecule has 0 aromatic carbocycles. The van der Waals surface area contributed by atoms with Gasteiger partial charge in [0.25, 0.3) is 0 Å². The predicted molar refractivity (Wildman–Crippen MR) is 60.4 cm³/mol. The molecule has 1 amide bonds. The molecule has 1 rings (SSSR count). The standard InChI is InChI=1S/C12H23NO2/c1-3-5-10(14)8-13-12(15)11-7-4-6-9(11)2/h9-11,14H,3-8H2,1-2H3,(H,13,15). The largest absolute Gasteiger partial charge is 0.391 e. The highest BCUT2D eigenvalue weighted by molar-refractivity contribution is 5.79. The van der Waals surface area contributed by atoms with Gasteiger partial charge in [0, 0.05) is 12.5 Å². The van der Waals surface area contributed by atoms with E-state index >= 15 is 0 Å². The fourth-order valence-electron chi connectivity index (χ4n) is 2.32. The van der Waals surface area contributed by atoms with Gasteiger partial charge in [-0.25, -0.2) is 0 Å². The number of nitrogens with one attached hydrogen (secondary N) is 1. The van der Waals surface area contributed by atoms with E-state index in [2.05, 4.69) is 12.2 Å². The zero-order valence-corrected chi connectivity index (χ0v) is 9.83. The predicted octanol–water partition coefficient (Wildman–Crippen LogP) is 1.70. The number of hydrogen-bond donors (Lipinski definition) is 2. The van der Waals surface area contributed by atoms with Gasteiger partial charge in [0.15, 0.2) is 0 Å². The lowest BCUT2D eigenvalue weighted by molar-refractivity contribution is -0.126. The van der Waals surface area contributed by atoms with Crippen molar-refractivity contribution in [1.29, 1.82) is 0 Å². The molecule has 3 unspecified atom stereocenters. The van der Waals surface area contributed by atoms with E-state index < -0.39 is 0 Å². The monoisotopic (exact) mass is 213 g/mol. The van der Waals surface area contributed by atoms with Crippen molar-refractivity contribution >= 4 is 5.91 Å². The van der Waals surface area contributed by atoms with E-state index in [9.17, 15) is 9.90 Å². The van der Waals surface area contributed by atoms with Gasteiger partial charge in [0.05, 0.1) is 6.10 Å². The fraction of sp³-hybridized carbons (Fsp3) is 0.917. The summed E-state index contributed by atoms with van der Waals surface area (Å²) < 4.78 is 0. The Hall–Kier alpha value is -0.570. The first-order valence-electron chi connectivity index (χ1n) is 6.11. The number of aliphatic hydroxyl groups is 1. The molecule has 3 atom stereocenters. The minimum atomic E-state index is -0.379. The van der Waals surface area contributed by atoms with Gasteiger partial charge < -0.3 is 10.4 Å². The summed E-state index contributed by atoms with van der Waals surface area (Å²) >= 11 is 0. The van der Waals surface area contributed by atoms with Gasteiger partial charge in [-0.1, -0.05) is 26.7 Å². The van der Waals surface area contributed by atoms with Crippen LogP contribution in [-0.2, 0) is 4.79 Å². The van der Waals surface area contributed by atoms with Crippen molar-refractivity contribution in [3.05, 3.63) is 0 Å². The number of amides is 1. The van der Waals surface area contributed by atoms with Crippen LogP contribution < -0.4 is 5.32 Å². The second-order valence-electron chi connectivity index (χ2n) is 4.70. The van der Waals surface area contributed by atoms with Crippen LogP contribution in [0.3, 0.4) is 0 Å². The van der Waals surface area contributed by atoms with Crippen LogP contribution >= 0.6 is 0 Å². The molecule has 1 saturated carbocycles. The Morgan fingerprint density at radius 2 is 2.27 bits per heavy atom. The molecule has 0 radical (unpaired) electrons. The Morgan fingerprint density at radius 1 is 1.53 bits per heavy atom. The average Bonchev–Trinajstić information content (AvgIpc) is 2.61. The van der Waals surface area contributed by atoms with Gasteiger partial charge in [0.1, 0.15) is 0 Å². The van der Waals surface area contributed by atoms with Crippen molar-refractivity contribution in [3.8, 4) is 0 Å². The number of carbonyl (C=O) groups excluding carboxylic acids is 1. The van der Waals surface area contributed by atoms with Crippen LogP contribution in [-0.4, -0.2) is 23.7 Å². The highest BCUT2D eigenvalue weighted by Crippen LogP contribution is 2.31. The minimum Gasteiger partial charge on any atom is -0.391 e. The van der Waals surface area contributed by atoms with E-state index in [1.165, 1.54) is 0 Å². The van der Waals surface area contributed by atoms with E-state index in [0.29, 0.717) is 12.5 Å². The molecule has 0 aliphatic heterocycles. The van der Waals surface area contributed by atoms with Crippen LogP contribution in [0.25, 0.3) is 0 Å². The maximum Gasteiger partial charge on any atom is 0.223 e. The third-order valence-electron chi connectivity index (χ3n) is 3.33. The van der Waals surface area contributed by atoms with E-state index in [1.54, 1.807) is 0 Å². The Labute approximate surface area is 92.3 Å². The molecule has 1 aliphatic carbocycles. The molecule has 1 fully saturated rings. The lowest BCUT2D eigenvalue weighted by atomic mass is 9.97. The Balaban J connectivity index is 2.23. The first-order valence-corrected chi connectivity index (χ1v) is 6.11. The van der Waals surface area contributed by atoms with Crippen LogP contribution in [0.1, 0.15) is 46.0 Å². The molecule has 3 heteroatoms. The second-order valence-corrected chi connectivity index (χ2v) is 4.70. The quantitative estimate of drug-likeness (QED) is 0.730. The number of aliphatic hydroxyl groups excluding tert-OH is 1.